The molecule has 170 valence electrons. The van der Waals surface area contributed by atoms with Gasteiger partial charge in [0.25, 0.3) is 0 Å². The van der Waals surface area contributed by atoms with Gasteiger partial charge in [0.1, 0.15) is 10.8 Å². The second kappa shape index (κ2) is 9.38. The summed E-state index contributed by atoms with van der Waals surface area (Å²) in [5.74, 6) is 0.231. The van der Waals surface area contributed by atoms with E-state index in [1.54, 1.807) is 24.2 Å². The summed E-state index contributed by atoms with van der Waals surface area (Å²) in [6.45, 7) is 4.86. The average molecular weight is 456 g/mol. The summed E-state index contributed by atoms with van der Waals surface area (Å²) in [5.41, 5.74) is 1.51. The summed E-state index contributed by atoms with van der Waals surface area (Å²) < 4.78 is 32.0. The first-order chi connectivity index (χ1) is 14.5. The summed E-state index contributed by atoms with van der Waals surface area (Å²) in [6, 6.07) is 1.75. The monoisotopic (exact) mass is 455 g/mol. The molecule has 2 aromatic rings. The van der Waals surface area contributed by atoms with Crippen LogP contribution in [0.5, 0.6) is 0 Å². The van der Waals surface area contributed by atoms with E-state index in [0.717, 1.165) is 25.1 Å². The SMILES string of the molecule is CN(C[C@@H]1CCCN(c2cc(Cl)ncc2-c2cnn(C(F)F)c2)C1)C(=O)OC(C)(C)C. The maximum Gasteiger partial charge on any atom is 0.410 e. The van der Waals surface area contributed by atoms with Crippen molar-refractivity contribution in [1.29, 1.82) is 0 Å². The number of ether oxygens (including phenoxy) is 1. The van der Waals surface area contributed by atoms with Crippen LogP contribution in [0.3, 0.4) is 0 Å². The van der Waals surface area contributed by atoms with Gasteiger partial charge in [0.05, 0.1) is 6.20 Å². The molecule has 1 saturated heterocycles. The summed E-state index contributed by atoms with van der Waals surface area (Å²) in [5, 5.41) is 4.06. The minimum absolute atomic E-state index is 0.231. The second-order valence-corrected chi connectivity index (χ2v) is 9.21. The van der Waals surface area contributed by atoms with Crippen LogP contribution in [-0.2, 0) is 4.74 Å². The van der Waals surface area contributed by atoms with E-state index in [1.807, 2.05) is 20.8 Å². The van der Waals surface area contributed by atoms with Crippen molar-refractivity contribution in [2.24, 2.45) is 5.92 Å². The van der Waals surface area contributed by atoms with Gasteiger partial charge >= 0.3 is 12.6 Å². The quantitative estimate of drug-likeness (QED) is 0.588. The van der Waals surface area contributed by atoms with Gasteiger partial charge in [-0.15, -0.1) is 0 Å². The van der Waals surface area contributed by atoms with Crippen molar-refractivity contribution in [1.82, 2.24) is 19.7 Å². The fraction of sp³-hybridized carbons (Fsp3) is 0.571. The molecule has 2 aromatic heterocycles. The third-order valence-electron chi connectivity index (χ3n) is 5.06. The van der Waals surface area contributed by atoms with Crippen molar-refractivity contribution in [2.75, 3.05) is 31.6 Å². The van der Waals surface area contributed by atoms with E-state index in [0.29, 0.717) is 34.1 Å². The Morgan fingerprint density at radius 1 is 1.39 bits per heavy atom. The molecule has 0 aromatic carbocycles. The van der Waals surface area contributed by atoms with Crippen LogP contribution in [0.2, 0.25) is 5.15 Å². The Hall–Kier alpha value is -2.42. The number of pyridine rings is 1. The highest BCUT2D eigenvalue weighted by Gasteiger charge is 2.27. The molecule has 3 rings (SSSR count). The molecule has 1 aliphatic heterocycles. The Kier molecular flexibility index (Phi) is 7.03. The maximum atomic E-state index is 13.0. The second-order valence-electron chi connectivity index (χ2n) is 8.83. The molecule has 1 aliphatic rings. The maximum absolute atomic E-state index is 13.0. The highest BCUT2D eigenvalue weighted by molar-refractivity contribution is 6.29. The van der Waals surface area contributed by atoms with Crippen LogP contribution in [0.1, 0.15) is 40.2 Å². The summed E-state index contributed by atoms with van der Waals surface area (Å²) >= 11 is 6.15. The first-order valence-electron chi connectivity index (χ1n) is 10.2. The molecule has 0 aliphatic carbocycles. The van der Waals surface area contributed by atoms with Crippen LogP contribution in [0.25, 0.3) is 11.1 Å². The Balaban J connectivity index is 1.77. The van der Waals surface area contributed by atoms with Gasteiger partial charge in [0.15, 0.2) is 0 Å². The third-order valence-corrected chi connectivity index (χ3v) is 5.26. The van der Waals surface area contributed by atoms with Crippen LogP contribution < -0.4 is 4.90 Å². The molecule has 0 spiro atoms. The Labute approximate surface area is 185 Å². The molecule has 1 fully saturated rings. The van der Waals surface area contributed by atoms with Crippen LogP contribution in [0, 0.1) is 5.92 Å². The number of carbonyl (C=O) groups is 1. The Bertz CT molecular complexity index is 915. The topological polar surface area (TPSA) is 63.5 Å². The lowest BCUT2D eigenvalue weighted by molar-refractivity contribution is 0.0269. The normalized spacial score (nSPS) is 17.2. The van der Waals surface area contributed by atoms with E-state index >= 15 is 0 Å². The van der Waals surface area contributed by atoms with E-state index in [-0.39, 0.29) is 12.0 Å². The molecule has 0 radical (unpaired) electrons. The molecule has 0 unspecified atom stereocenters. The minimum Gasteiger partial charge on any atom is -0.444 e. The number of carbonyl (C=O) groups excluding carboxylic acids is 1. The number of alkyl halides is 2. The molecule has 31 heavy (non-hydrogen) atoms. The minimum atomic E-state index is -2.71. The average Bonchev–Trinajstić information content (AvgIpc) is 3.17. The van der Waals surface area contributed by atoms with Gasteiger partial charge in [0, 0.05) is 55.9 Å². The fourth-order valence-corrected chi connectivity index (χ4v) is 3.87. The van der Waals surface area contributed by atoms with Crippen molar-refractivity contribution in [3.05, 3.63) is 29.8 Å². The Morgan fingerprint density at radius 3 is 2.77 bits per heavy atom. The molecule has 1 amide bonds. The smallest absolute Gasteiger partial charge is 0.410 e. The number of aromatic nitrogens is 3. The van der Waals surface area contributed by atoms with Gasteiger partial charge in [-0.05, 0) is 45.6 Å². The lowest BCUT2D eigenvalue weighted by Gasteiger charge is -2.37. The molecular formula is C21H28ClF2N5O2. The van der Waals surface area contributed by atoms with Gasteiger partial charge in [-0.1, -0.05) is 11.6 Å². The fourth-order valence-electron chi connectivity index (χ4n) is 3.72. The lowest BCUT2D eigenvalue weighted by Crippen LogP contribution is -2.43. The number of amides is 1. The Morgan fingerprint density at radius 2 is 2.13 bits per heavy atom. The van der Waals surface area contributed by atoms with E-state index in [1.165, 1.54) is 12.4 Å². The highest BCUT2D eigenvalue weighted by Crippen LogP contribution is 2.35. The first-order valence-corrected chi connectivity index (χ1v) is 10.6. The largest absolute Gasteiger partial charge is 0.444 e. The van der Waals surface area contributed by atoms with Gasteiger partial charge < -0.3 is 14.5 Å². The van der Waals surface area contributed by atoms with Crippen LogP contribution in [0.15, 0.2) is 24.7 Å². The zero-order valence-electron chi connectivity index (χ0n) is 18.2. The first kappa shape index (κ1) is 23.2. The molecule has 3 heterocycles. The van der Waals surface area contributed by atoms with Gasteiger partial charge in [0.2, 0.25) is 0 Å². The highest BCUT2D eigenvalue weighted by atomic mass is 35.5. The van der Waals surface area contributed by atoms with E-state index < -0.39 is 12.2 Å². The van der Waals surface area contributed by atoms with E-state index in [4.69, 9.17) is 16.3 Å². The van der Waals surface area contributed by atoms with Gasteiger partial charge in [-0.25, -0.2) is 14.5 Å². The van der Waals surface area contributed by atoms with Gasteiger partial charge in [-0.2, -0.15) is 13.9 Å². The van der Waals surface area contributed by atoms with Gasteiger partial charge in [-0.3, -0.25) is 0 Å². The molecule has 0 N–H and O–H groups in total. The van der Waals surface area contributed by atoms with E-state index in [2.05, 4.69) is 15.0 Å². The van der Waals surface area contributed by atoms with Crippen molar-refractivity contribution >= 4 is 23.4 Å². The zero-order chi connectivity index (χ0) is 22.8. The van der Waals surface area contributed by atoms with Crippen molar-refractivity contribution in [2.45, 2.75) is 45.8 Å². The zero-order valence-corrected chi connectivity index (χ0v) is 18.9. The lowest BCUT2D eigenvalue weighted by atomic mass is 9.96. The number of hydrogen-bond donors (Lipinski definition) is 0. The number of rotatable bonds is 5. The predicted molar refractivity (Wildman–Crippen MR) is 116 cm³/mol. The van der Waals surface area contributed by atoms with Crippen molar-refractivity contribution < 1.29 is 18.3 Å². The van der Waals surface area contributed by atoms with Crippen LogP contribution >= 0.6 is 11.6 Å². The van der Waals surface area contributed by atoms with Crippen molar-refractivity contribution in [3.63, 3.8) is 0 Å². The number of anilines is 1. The summed E-state index contributed by atoms with van der Waals surface area (Å²) in [4.78, 5) is 20.2. The predicted octanol–water partition coefficient (Wildman–Crippen LogP) is 5.08. The molecule has 0 saturated carbocycles. The number of halogens is 3. The number of hydrogen-bond acceptors (Lipinski definition) is 5. The number of nitrogens with zero attached hydrogens (tertiary/aromatic N) is 5. The third kappa shape index (κ3) is 6.06. The van der Waals surface area contributed by atoms with Crippen molar-refractivity contribution in [3.8, 4) is 11.1 Å². The molecule has 0 bridgehead atoms. The molecule has 10 heteroatoms. The summed E-state index contributed by atoms with van der Waals surface area (Å²) in [7, 11) is 1.74. The van der Waals surface area contributed by atoms with E-state index in [9.17, 15) is 13.6 Å². The summed E-state index contributed by atoms with van der Waals surface area (Å²) in [6.07, 6.45) is 5.84. The standard InChI is InChI=1S/C21H28ClF2N5O2/c1-21(2,3)31-20(30)27(4)11-14-6-5-7-28(12-14)17-8-18(22)25-10-16(17)15-9-26-29(13-15)19(23)24/h8-10,13-14,19H,5-7,11-12H2,1-4H3/t14-/m0/s1. The molecular weight excluding hydrogens is 428 g/mol. The molecule has 1 atom stereocenters. The van der Waals surface area contributed by atoms with Crippen LogP contribution in [-0.4, -0.2) is 58.0 Å². The number of piperidine rings is 1. The van der Waals surface area contributed by atoms with Crippen LogP contribution in [0.4, 0.5) is 19.3 Å². The molecule has 7 nitrogen and oxygen atoms in total.